The van der Waals surface area contributed by atoms with Crippen LogP contribution < -0.4 is 4.74 Å². The largest absolute Gasteiger partial charge is 0.455 e. The first-order chi connectivity index (χ1) is 8.55. The highest BCUT2D eigenvalue weighted by Gasteiger charge is 2.59. The van der Waals surface area contributed by atoms with Gasteiger partial charge in [0.1, 0.15) is 0 Å². The van der Waals surface area contributed by atoms with Crippen LogP contribution in [-0.2, 0) is 0 Å². The van der Waals surface area contributed by atoms with Gasteiger partial charge in [0.25, 0.3) is 6.10 Å². The fraction of sp³-hybridized carbons (Fsp3) is 0.400. The van der Waals surface area contributed by atoms with Crippen molar-refractivity contribution in [2.75, 3.05) is 0 Å². The minimum atomic E-state index is -5.62. The summed E-state index contributed by atoms with van der Waals surface area (Å²) in [5, 5.41) is 0. The van der Waals surface area contributed by atoms with Gasteiger partial charge in [0.05, 0.1) is 0 Å². The highest BCUT2D eigenvalue weighted by atomic mass is 19.4. The number of carbonyl (C=O) groups excluding carboxylic acids is 1. The van der Waals surface area contributed by atoms with Gasteiger partial charge in [-0.1, -0.05) is 0 Å². The average molecular weight is 287 g/mol. The second kappa shape index (κ2) is 5.06. The Bertz CT molecular complexity index is 454. The molecule has 0 aliphatic heterocycles. The quantitative estimate of drug-likeness (QED) is 0.633. The Balaban J connectivity index is 3.08. The van der Waals surface area contributed by atoms with Crippen LogP contribution >= 0.6 is 0 Å². The first-order valence-electron chi connectivity index (χ1n) is 4.77. The summed E-state index contributed by atoms with van der Waals surface area (Å²) in [5.74, 6) is -0.828. The number of rotatable bonds is 3. The van der Waals surface area contributed by atoms with E-state index in [0.717, 1.165) is 12.3 Å². The summed E-state index contributed by atoms with van der Waals surface area (Å²) in [7, 11) is 0. The van der Waals surface area contributed by atoms with E-state index < -0.39 is 24.3 Å². The van der Waals surface area contributed by atoms with E-state index in [0.29, 0.717) is 6.29 Å². The summed E-state index contributed by atoms with van der Waals surface area (Å²) in [6.07, 6.45) is -14.0. The standard InChI is InChI=1S/C10H7F6NO2/c1-5-2-6(4-18)3-17-7(5)19-8(9(11,12)13)10(14,15)16/h2-4,8H,1H3. The summed E-state index contributed by atoms with van der Waals surface area (Å²) in [4.78, 5) is 13.6. The van der Waals surface area contributed by atoms with E-state index in [9.17, 15) is 31.1 Å². The Labute approximate surface area is 103 Å². The first kappa shape index (κ1) is 15.3. The first-order valence-corrected chi connectivity index (χ1v) is 4.77. The Hall–Kier alpha value is -1.80. The van der Waals surface area contributed by atoms with Gasteiger partial charge in [-0.15, -0.1) is 0 Å². The van der Waals surface area contributed by atoms with Crippen molar-refractivity contribution in [2.24, 2.45) is 0 Å². The molecule has 1 aromatic heterocycles. The topological polar surface area (TPSA) is 39.2 Å². The third-order valence-corrected chi connectivity index (χ3v) is 2.01. The van der Waals surface area contributed by atoms with Gasteiger partial charge in [-0.2, -0.15) is 26.3 Å². The van der Waals surface area contributed by atoms with Gasteiger partial charge >= 0.3 is 12.4 Å². The second-order valence-corrected chi connectivity index (χ2v) is 3.59. The molecular weight excluding hydrogens is 280 g/mol. The minimum Gasteiger partial charge on any atom is -0.455 e. The highest BCUT2D eigenvalue weighted by Crippen LogP contribution is 2.36. The molecule has 0 saturated heterocycles. The van der Waals surface area contributed by atoms with E-state index in [4.69, 9.17) is 0 Å². The van der Waals surface area contributed by atoms with Crippen LogP contribution in [-0.4, -0.2) is 29.7 Å². The predicted molar refractivity (Wildman–Crippen MR) is 50.9 cm³/mol. The summed E-state index contributed by atoms with van der Waals surface area (Å²) in [6.45, 7) is 1.18. The number of nitrogens with zero attached hydrogens (tertiary/aromatic N) is 1. The third-order valence-electron chi connectivity index (χ3n) is 2.01. The fourth-order valence-electron chi connectivity index (χ4n) is 1.20. The molecule has 0 aromatic carbocycles. The van der Waals surface area contributed by atoms with E-state index in [-0.39, 0.29) is 11.1 Å². The normalized spacial score (nSPS) is 12.6. The van der Waals surface area contributed by atoms with Crippen molar-refractivity contribution >= 4 is 6.29 Å². The van der Waals surface area contributed by atoms with Crippen LogP contribution in [0.1, 0.15) is 15.9 Å². The van der Waals surface area contributed by atoms with Crippen LogP contribution in [0.4, 0.5) is 26.3 Å². The Morgan fingerprint density at radius 1 is 1.21 bits per heavy atom. The van der Waals surface area contributed by atoms with Gasteiger partial charge < -0.3 is 4.74 Å². The smallest absolute Gasteiger partial charge is 0.434 e. The Kier molecular flexibility index (Phi) is 4.06. The summed E-state index contributed by atoms with van der Waals surface area (Å²) in [6, 6.07) is 1.07. The van der Waals surface area contributed by atoms with E-state index in [1.165, 1.54) is 6.92 Å². The number of carbonyl (C=O) groups is 1. The lowest BCUT2D eigenvalue weighted by molar-refractivity contribution is -0.300. The molecule has 0 N–H and O–H groups in total. The number of hydrogen-bond acceptors (Lipinski definition) is 3. The molecule has 3 nitrogen and oxygen atoms in total. The second-order valence-electron chi connectivity index (χ2n) is 3.59. The van der Waals surface area contributed by atoms with Crippen molar-refractivity contribution in [3.63, 3.8) is 0 Å². The molecule has 0 radical (unpaired) electrons. The molecule has 0 aliphatic carbocycles. The molecule has 0 atom stereocenters. The highest BCUT2D eigenvalue weighted by molar-refractivity contribution is 5.74. The number of pyridine rings is 1. The Morgan fingerprint density at radius 3 is 2.11 bits per heavy atom. The molecule has 0 saturated carbocycles. The zero-order valence-corrected chi connectivity index (χ0v) is 9.34. The lowest BCUT2D eigenvalue weighted by Gasteiger charge is -2.23. The van der Waals surface area contributed by atoms with Gasteiger partial charge in [-0.3, -0.25) is 4.79 Å². The van der Waals surface area contributed by atoms with Crippen molar-refractivity contribution in [1.29, 1.82) is 0 Å². The van der Waals surface area contributed by atoms with E-state index in [1.807, 2.05) is 0 Å². The number of halogens is 6. The number of aromatic nitrogens is 1. The number of aldehydes is 1. The zero-order valence-electron chi connectivity index (χ0n) is 9.34. The molecule has 0 fully saturated rings. The van der Waals surface area contributed by atoms with Crippen molar-refractivity contribution < 1.29 is 35.9 Å². The minimum absolute atomic E-state index is 0.0143. The average Bonchev–Trinajstić information content (AvgIpc) is 2.23. The maximum atomic E-state index is 12.2. The van der Waals surface area contributed by atoms with Crippen LogP contribution in [0.15, 0.2) is 12.3 Å². The van der Waals surface area contributed by atoms with Crippen molar-refractivity contribution in [2.45, 2.75) is 25.4 Å². The van der Waals surface area contributed by atoms with E-state index >= 15 is 0 Å². The monoisotopic (exact) mass is 287 g/mol. The summed E-state index contributed by atoms with van der Waals surface area (Å²) in [5.41, 5.74) is -0.0940. The number of hydrogen-bond donors (Lipinski definition) is 0. The maximum absolute atomic E-state index is 12.2. The lowest BCUT2D eigenvalue weighted by atomic mass is 10.2. The van der Waals surface area contributed by atoms with E-state index in [2.05, 4.69) is 9.72 Å². The van der Waals surface area contributed by atoms with Crippen molar-refractivity contribution in [3.8, 4) is 5.88 Å². The number of alkyl halides is 6. The Morgan fingerprint density at radius 2 is 1.74 bits per heavy atom. The van der Waals surface area contributed by atoms with Crippen LogP contribution in [0.25, 0.3) is 0 Å². The summed E-state index contributed by atoms with van der Waals surface area (Å²) >= 11 is 0. The maximum Gasteiger partial charge on any atom is 0.434 e. The van der Waals surface area contributed by atoms with Crippen molar-refractivity contribution in [1.82, 2.24) is 4.98 Å². The SMILES string of the molecule is Cc1cc(C=O)cnc1OC(C(F)(F)F)C(F)(F)F. The van der Waals surface area contributed by atoms with Crippen molar-refractivity contribution in [3.05, 3.63) is 23.4 Å². The number of aryl methyl sites for hydroxylation is 1. The van der Waals surface area contributed by atoms with Gasteiger partial charge in [0.2, 0.25) is 5.88 Å². The molecule has 106 valence electrons. The van der Waals surface area contributed by atoms with Gasteiger partial charge in [0.15, 0.2) is 6.29 Å². The van der Waals surface area contributed by atoms with Gasteiger partial charge in [-0.05, 0) is 13.0 Å². The molecule has 0 aliphatic rings. The van der Waals surface area contributed by atoms with Crippen LogP contribution in [0, 0.1) is 6.92 Å². The molecule has 9 heteroatoms. The fourth-order valence-corrected chi connectivity index (χ4v) is 1.20. The van der Waals surface area contributed by atoms with Crippen LogP contribution in [0.5, 0.6) is 5.88 Å². The molecule has 0 bridgehead atoms. The van der Waals surface area contributed by atoms with Crippen LogP contribution in [0.2, 0.25) is 0 Å². The summed E-state index contributed by atoms with van der Waals surface area (Å²) < 4.78 is 77.4. The van der Waals surface area contributed by atoms with Gasteiger partial charge in [-0.25, -0.2) is 4.98 Å². The molecule has 19 heavy (non-hydrogen) atoms. The predicted octanol–water partition coefficient (Wildman–Crippen LogP) is 3.07. The molecule has 1 heterocycles. The van der Waals surface area contributed by atoms with E-state index in [1.54, 1.807) is 0 Å². The van der Waals surface area contributed by atoms with Crippen LogP contribution in [0.3, 0.4) is 0 Å². The molecule has 0 amide bonds. The molecule has 0 unspecified atom stereocenters. The van der Waals surface area contributed by atoms with Gasteiger partial charge in [0, 0.05) is 17.3 Å². The molecular formula is C10H7F6NO2. The molecule has 1 rings (SSSR count). The molecule has 1 aromatic rings. The molecule has 0 spiro atoms. The lowest BCUT2D eigenvalue weighted by Crippen LogP contribution is -2.46. The number of ether oxygens (including phenoxy) is 1. The zero-order chi connectivity index (χ0) is 14.8. The third kappa shape index (κ3) is 3.83.